The maximum atomic E-state index is 9.19. The monoisotopic (exact) mass is 265 g/mol. The molecule has 0 saturated carbocycles. The average Bonchev–Trinajstić information content (AvgIpc) is 2.38. The molecular formula is C16H27NO2. The van der Waals surface area contributed by atoms with Gasteiger partial charge < -0.3 is 15.2 Å². The summed E-state index contributed by atoms with van der Waals surface area (Å²) in [5.74, 6) is 0.954. The Balaban J connectivity index is 2.52. The molecule has 0 aliphatic rings. The molecule has 0 fully saturated rings. The van der Waals surface area contributed by atoms with E-state index in [1.54, 1.807) is 7.11 Å². The molecule has 0 radical (unpaired) electrons. The van der Waals surface area contributed by atoms with E-state index in [9.17, 15) is 5.11 Å². The van der Waals surface area contributed by atoms with Gasteiger partial charge in [-0.25, -0.2) is 0 Å². The zero-order chi connectivity index (χ0) is 14.5. The number of aryl methyl sites for hydroxylation is 2. The molecule has 19 heavy (non-hydrogen) atoms. The lowest BCUT2D eigenvalue weighted by molar-refractivity contribution is 0.157. The number of hydrogen-bond donors (Lipinski definition) is 2. The molecule has 1 aromatic rings. The Labute approximate surface area is 117 Å². The molecule has 0 spiro atoms. The van der Waals surface area contributed by atoms with Gasteiger partial charge in [-0.2, -0.15) is 0 Å². The summed E-state index contributed by atoms with van der Waals surface area (Å²) in [5.41, 5.74) is 3.75. The number of benzene rings is 1. The van der Waals surface area contributed by atoms with E-state index in [4.69, 9.17) is 4.74 Å². The summed E-state index contributed by atoms with van der Waals surface area (Å²) in [6, 6.07) is 4.30. The van der Waals surface area contributed by atoms with Gasteiger partial charge in [0, 0.05) is 18.6 Å². The van der Waals surface area contributed by atoms with Crippen molar-refractivity contribution in [3.8, 4) is 5.75 Å². The Bertz CT molecular complexity index is 413. The van der Waals surface area contributed by atoms with E-state index in [0.29, 0.717) is 0 Å². The molecule has 0 heterocycles. The molecule has 108 valence electrons. The molecule has 0 atom stereocenters. The van der Waals surface area contributed by atoms with Crippen LogP contribution in [0.5, 0.6) is 5.75 Å². The molecule has 3 nitrogen and oxygen atoms in total. The molecule has 1 rings (SSSR count). The van der Waals surface area contributed by atoms with Crippen molar-refractivity contribution in [1.29, 1.82) is 0 Å². The molecule has 0 saturated heterocycles. The van der Waals surface area contributed by atoms with Crippen molar-refractivity contribution in [3.63, 3.8) is 0 Å². The standard InChI is InChI=1S/C16H27NO2/c1-12-9-15(19-5)13(2)8-14(12)6-7-17-10-16(3,4)11-18/h8-9,17-18H,6-7,10-11H2,1-5H3. The van der Waals surface area contributed by atoms with E-state index in [2.05, 4.69) is 45.1 Å². The van der Waals surface area contributed by atoms with Crippen LogP contribution in [0, 0.1) is 19.3 Å². The van der Waals surface area contributed by atoms with Gasteiger partial charge in [-0.1, -0.05) is 19.9 Å². The summed E-state index contributed by atoms with van der Waals surface area (Å²) < 4.78 is 5.32. The summed E-state index contributed by atoms with van der Waals surface area (Å²) in [7, 11) is 1.71. The van der Waals surface area contributed by atoms with Gasteiger partial charge in [0.2, 0.25) is 0 Å². The van der Waals surface area contributed by atoms with E-state index < -0.39 is 0 Å². The maximum Gasteiger partial charge on any atom is 0.122 e. The van der Waals surface area contributed by atoms with Gasteiger partial charge >= 0.3 is 0 Å². The highest BCUT2D eigenvalue weighted by Gasteiger charge is 2.15. The minimum atomic E-state index is -0.0507. The van der Waals surface area contributed by atoms with Crippen LogP contribution in [0.2, 0.25) is 0 Å². The maximum absolute atomic E-state index is 9.19. The van der Waals surface area contributed by atoms with Crippen molar-refractivity contribution in [2.24, 2.45) is 5.41 Å². The van der Waals surface area contributed by atoms with Crippen LogP contribution >= 0.6 is 0 Å². The third kappa shape index (κ3) is 4.84. The molecule has 3 heteroatoms. The van der Waals surface area contributed by atoms with Crippen molar-refractivity contribution < 1.29 is 9.84 Å². The van der Waals surface area contributed by atoms with Gasteiger partial charge in [0.1, 0.15) is 5.75 Å². The van der Waals surface area contributed by atoms with E-state index in [0.717, 1.165) is 25.3 Å². The zero-order valence-corrected chi connectivity index (χ0v) is 12.8. The summed E-state index contributed by atoms with van der Waals surface area (Å²) in [6.45, 7) is 10.3. The quantitative estimate of drug-likeness (QED) is 0.744. The lowest BCUT2D eigenvalue weighted by Crippen LogP contribution is -2.33. The average molecular weight is 265 g/mol. The highest BCUT2D eigenvalue weighted by Crippen LogP contribution is 2.22. The van der Waals surface area contributed by atoms with Crippen LogP contribution in [0.25, 0.3) is 0 Å². The number of methoxy groups -OCH3 is 1. The molecular weight excluding hydrogens is 238 g/mol. The first-order chi connectivity index (χ1) is 8.89. The Morgan fingerprint density at radius 2 is 1.89 bits per heavy atom. The lowest BCUT2D eigenvalue weighted by atomic mass is 9.95. The fraction of sp³-hybridized carbons (Fsp3) is 0.625. The van der Waals surface area contributed by atoms with Gasteiger partial charge in [-0.05, 0) is 49.6 Å². The summed E-state index contributed by atoms with van der Waals surface area (Å²) in [4.78, 5) is 0. The van der Waals surface area contributed by atoms with Crippen molar-refractivity contribution >= 4 is 0 Å². The number of rotatable bonds is 7. The van der Waals surface area contributed by atoms with Crippen LogP contribution in [0.3, 0.4) is 0 Å². The summed E-state index contributed by atoms with van der Waals surface area (Å²) >= 11 is 0. The van der Waals surface area contributed by atoms with Gasteiger partial charge in [-0.3, -0.25) is 0 Å². The van der Waals surface area contributed by atoms with Crippen molar-refractivity contribution in [3.05, 3.63) is 28.8 Å². The first kappa shape index (κ1) is 16.0. The van der Waals surface area contributed by atoms with E-state index >= 15 is 0 Å². The first-order valence-electron chi connectivity index (χ1n) is 6.85. The van der Waals surface area contributed by atoms with Gasteiger partial charge in [0.15, 0.2) is 0 Å². The van der Waals surface area contributed by atoms with Gasteiger partial charge in [-0.15, -0.1) is 0 Å². The van der Waals surface area contributed by atoms with Crippen LogP contribution in [-0.4, -0.2) is 31.9 Å². The highest BCUT2D eigenvalue weighted by atomic mass is 16.5. The second kappa shape index (κ2) is 6.92. The Morgan fingerprint density at radius 1 is 1.21 bits per heavy atom. The number of hydrogen-bond acceptors (Lipinski definition) is 3. The molecule has 0 aromatic heterocycles. The third-order valence-corrected chi connectivity index (χ3v) is 3.46. The minimum absolute atomic E-state index is 0.0507. The second-order valence-electron chi connectivity index (χ2n) is 6.00. The molecule has 1 aromatic carbocycles. The lowest BCUT2D eigenvalue weighted by Gasteiger charge is -2.22. The van der Waals surface area contributed by atoms with Gasteiger partial charge in [0.25, 0.3) is 0 Å². The SMILES string of the molecule is COc1cc(C)c(CCNCC(C)(C)CO)cc1C. The Hall–Kier alpha value is -1.06. The highest BCUT2D eigenvalue weighted by molar-refractivity contribution is 5.41. The first-order valence-corrected chi connectivity index (χ1v) is 6.85. The topological polar surface area (TPSA) is 41.5 Å². The molecule has 0 aliphatic heterocycles. The van der Waals surface area contributed by atoms with Crippen molar-refractivity contribution in [1.82, 2.24) is 5.32 Å². The van der Waals surface area contributed by atoms with Gasteiger partial charge in [0.05, 0.1) is 7.11 Å². The second-order valence-corrected chi connectivity index (χ2v) is 6.00. The fourth-order valence-corrected chi connectivity index (χ4v) is 2.04. The normalized spacial score (nSPS) is 11.7. The van der Waals surface area contributed by atoms with Crippen molar-refractivity contribution in [2.45, 2.75) is 34.1 Å². The Kier molecular flexibility index (Phi) is 5.83. The van der Waals surface area contributed by atoms with Crippen molar-refractivity contribution in [2.75, 3.05) is 26.8 Å². The number of nitrogens with one attached hydrogen (secondary N) is 1. The van der Waals surface area contributed by atoms with Crippen LogP contribution in [0.4, 0.5) is 0 Å². The predicted octanol–water partition coefficient (Wildman–Crippen LogP) is 2.46. The number of aliphatic hydroxyl groups excluding tert-OH is 1. The largest absolute Gasteiger partial charge is 0.496 e. The summed E-state index contributed by atoms with van der Waals surface area (Å²) in [5, 5.41) is 12.6. The van der Waals surface area contributed by atoms with E-state index in [1.807, 2.05) is 0 Å². The van der Waals surface area contributed by atoms with E-state index in [1.165, 1.54) is 16.7 Å². The van der Waals surface area contributed by atoms with E-state index in [-0.39, 0.29) is 12.0 Å². The predicted molar refractivity (Wildman–Crippen MR) is 79.9 cm³/mol. The molecule has 0 aliphatic carbocycles. The molecule has 0 amide bonds. The minimum Gasteiger partial charge on any atom is -0.496 e. The van der Waals surface area contributed by atoms with Crippen LogP contribution < -0.4 is 10.1 Å². The molecule has 2 N–H and O–H groups in total. The smallest absolute Gasteiger partial charge is 0.122 e. The molecule has 0 bridgehead atoms. The Morgan fingerprint density at radius 3 is 2.47 bits per heavy atom. The number of ether oxygens (including phenoxy) is 1. The fourth-order valence-electron chi connectivity index (χ4n) is 2.04. The zero-order valence-electron chi connectivity index (χ0n) is 12.8. The van der Waals surface area contributed by atoms with Crippen LogP contribution in [-0.2, 0) is 6.42 Å². The number of aliphatic hydroxyl groups is 1. The molecule has 0 unspecified atom stereocenters. The van der Waals surface area contributed by atoms with Crippen LogP contribution in [0.15, 0.2) is 12.1 Å². The summed E-state index contributed by atoms with van der Waals surface area (Å²) in [6.07, 6.45) is 0.998. The third-order valence-electron chi connectivity index (χ3n) is 3.46. The van der Waals surface area contributed by atoms with Crippen LogP contribution in [0.1, 0.15) is 30.5 Å².